The van der Waals surface area contributed by atoms with Crippen LogP contribution in [-0.2, 0) is 9.59 Å². The molecule has 0 aliphatic carbocycles. The number of halogens is 2. The van der Waals surface area contributed by atoms with Crippen molar-refractivity contribution < 1.29 is 14.0 Å². The van der Waals surface area contributed by atoms with Crippen molar-refractivity contribution in [3.63, 3.8) is 0 Å². The smallest absolute Gasteiger partial charge is 0.282 e. The van der Waals surface area contributed by atoms with Gasteiger partial charge >= 0.3 is 0 Å². The minimum Gasteiger partial charge on any atom is -0.366 e. The Morgan fingerprint density at radius 2 is 1.75 bits per heavy atom. The molecule has 6 heteroatoms. The first kappa shape index (κ1) is 18.7. The number of carbonyl (C=O) groups excluding carboxylic acids is 2. The largest absolute Gasteiger partial charge is 0.366 e. The molecule has 4 rings (SSSR count). The second-order valence-corrected chi connectivity index (χ2v) is 7.76. The van der Waals surface area contributed by atoms with Gasteiger partial charge in [-0.1, -0.05) is 42.8 Å². The third kappa shape index (κ3) is 3.20. The van der Waals surface area contributed by atoms with Crippen molar-refractivity contribution in [1.82, 2.24) is 4.90 Å². The average molecular weight is 399 g/mol. The normalized spacial score (nSPS) is 20.3. The van der Waals surface area contributed by atoms with Crippen molar-refractivity contribution in [2.45, 2.75) is 19.8 Å². The molecule has 2 heterocycles. The molecule has 28 heavy (non-hydrogen) atoms. The van der Waals surface area contributed by atoms with E-state index in [1.54, 1.807) is 30.3 Å². The number of rotatable bonds is 3. The molecule has 0 N–H and O–H groups in total. The van der Waals surface area contributed by atoms with Crippen molar-refractivity contribution in [2.75, 3.05) is 18.0 Å². The molecule has 0 spiro atoms. The summed E-state index contributed by atoms with van der Waals surface area (Å²) < 4.78 is 14.4. The fourth-order valence-electron chi connectivity index (χ4n) is 3.93. The van der Waals surface area contributed by atoms with Gasteiger partial charge in [-0.3, -0.25) is 9.59 Å². The van der Waals surface area contributed by atoms with Gasteiger partial charge < -0.3 is 4.90 Å². The molecule has 1 atom stereocenters. The molecule has 1 fully saturated rings. The Kier molecular flexibility index (Phi) is 4.94. The minimum absolute atomic E-state index is 0.0241. The zero-order valence-electron chi connectivity index (χ0n) is 15.5. The molecule has 0 bridgehead atoms. The number of hydrogen-bond donors (Lipinski definition) is 0. The zero-order valence-corrected chi connectivity index (χ0v) is 16.2. The van der Waals surface area contributed by atoms with E-state index in [-0.39, 0.29) is 5.69 Å². The number of benzene rings is 2. The molecule has 1 saturated heterocycles. The van der Waals surface area contributed by atoms with E-state index < -0.39 is 17.6 Å². The topological polar surface area (TPSA) is 40.6 Å². The molecule has 2 aliphatic rings. The van der Waals surface area contributed by atoms with Crippen LogP contribution in [0.5, 0.6) is 0 Å². The van der Waals surface area contributed by atoms with Crippen molar-refractivity contribution >= 4 is 34.7 Å². The van der Waals surface area contributed by atoms with Crippen LogP contribution in [0.25, 0.3) is 5.57 Å². The van der Waals surface area contributed by atoms with Crippen molar-refractivity contribution in [2.24, 2.45) is 5.92 Å². The maximum absolute atomic E-state index is 14.4. The second-order valence-electron chi connectivity index (χ2n) is 7.32. The van der Waals surface area contributed by atoms with Crippen molar-refractivity contribution in [3.05, 3.63) is 70.6 Å². The highest BCUT2D eigenvalue weighted by molar-refractivity contribution is 6.45. The summed E-state index contributed by atoms with van der Waals surface area (Å²) in [5, 5.41) is 0.542. The lowest BCUT2D eigenvalue weighted by atomic mass is 9.98. The lowest BCUT2D eigenvalue weighted by Crippen LogP contribution is -2.39. The quantitative estimate of drug-likeness (QED) is 0.715. The predicted octanol–water partition coefficient (Wildman–Crippen LogP) is 4.50. The van der Waals surface area contributed by atoms with E-state index in [1.807, 2.05) is 4.90 Å². The summed E-state index contributed by atoms with van der Waals surface area (Å²) in [7, 11) is 0. The van der Waals surface area contributed by atoms with Gasteiger partial charge in [0.05, 0.1) is 11.3 Å². The molecule has 0 radical (unpaired) electrons. The molecule has 2 amide bonds. The van der Waals surface area contributed by atoms with Gasteiger partial charge in [-0.15, -0.1) is 0 Å². The average Bonchev–Trinajstić information content (AvgIpc) is 2.93. The number of imide groups is 1. The standard InChI is InChI=1S/C22H20ClFN2O2/c1-14-5-4-12-25(13-14)20-19(15-8-10-16(23)11-9-15)21(27)26(22(20)28)18-7-3-2-6-17(18)24/h2-3,6-11,14H,4-5,12-13H2,1H3. The van der Waals surface area contributed by atoms with Crippen LogP contribution in [0.4, 0.5) is 10.1 Å². The molecular weight excluding hydrogens is 379 g/mol. The van der Waals surface area contributed by atoms with Crippen LogP contribution < -0.4 is 4.90 Å². The Morgan fingerprint density at radius 1 is 1.04 bits per heavy atom. The first-order valence-corrected chi connectivity index (χ1v) is 9.73. The minimum atomic E-state index is -0.604. The van der Waals surface area contributed by atoms with Gasteiger partial charge in [0.1, 0.15) is 11.5 Å². The van der Waals surface area contributed by atoms with Gasteiger partial charge in [0, 0.05) is 18.1 Å². The number of para-hydroxylation sites is 1. The lowest BCUT2D eigenvalue weighted by molar-refractivity contribution is -0.120. The summed E-state index contributed by atoms with van der Waals surface area (Å²) >= 11 is 5.99. The predicted molar refractivity (Wildman–Crippen MR) is 107 cm³/mol. The Hall–Kier alpha value is -2.66. The summed E-state index contributed by atoms with van der Waals surface area (Å²) in [5.74, 6) is -1.18. The first-order valence-electron chi connectivity index (χ1n) is 9.36. The highest BCUT2D eigenvalue weighted by Gasteiger charge is 2.43. The Morgan fingerprint density at radius 3 is 2.43 bits per heavy atom. The van der Waals surface area contributed by atoms with Crippen LogP contribution >= 0.6 is 11.6 Å². The summed E-state index contributed by atoms with van der Waals surface area (Å²) in [6.07, 6.45) is 2.03. The van der Waals surface area contributed by atoms with Gasteiger partial charge in [0.15, 0.2) is 0 Å². The van der Waals surface area contributed by atoms with Crippen LogP contribution in [0.3, 0.4) is 0 Å². The van der Waals surface area contributed by atoms with Crippen LogP contribution in [0.15, 0.2) is 54.2 Å². The molecule has 2 aromatic rings. The highest BCUT2D eigenvalue weighted by atomic mass is 35.5. The molecular formula is C22H20ClFN2O2. The van der Waals surface area contributed by atoms with Gasteiger partial charge in [-0.25, -0.2) is 9.29 Å². The maximum Gasteiger partial charge on any atom is 0.282 e. The summed E-state index contributed by atoms with van der Waals surface area (Å²) in [6.45, 7) is 3.52. The molecule has 1 unspecified atom stereocenters. The van der Waals surface area contributed by atoms with Crippen LogP contribution in [0.1, 0.15) is 25.3 Å². The Bertz CT molecular complexity index is 971. The van der Waals surface area contributed by atoms with Crippen LogP contribution in [0.2, 0.25) is 5.02 Å². The van der Waals surface area contributed by atoms with Crippen LogP contribution in [0, 0.1) is 11.7 Å². The summed E-state index contributed by atoms with van der Waals surface area (Å²) in [6, 6.07) is 12.7. The number of anilines is 1. The van der Waals surface area contributed by atoms with Gasteiger partial charge in [-0.05, 0) is 48.6 Å². The molecule has 2 aromatic carbocycles. The second kappa shape index (κ2) is 7.40. The number of piperidine rings is 1. The fourth-order valence-corrected chi connectivity index (χ4v) is 4.06. The number of hydrogen-bond acceptors (Lipinski definition) is 3. The Balaban J connectivity index is 1.85. The van der Waals surface area contributed by atoms with E-state index >= 15 is 0 Å². The molecule has 144 valence electrons. The van der Waals surface area contributed by atoms with E-state index in [0.717, 1.165) is 17.7 Å². The number of amides is 2. The van der Waals surface area contributed by atoms with E-state index in [9.17, 15) is 14.0 Å². The third-order valence-corrected chi connectivity index (χ3v) is 5.51. The molecule has 4 nitrogen and oxygen atoms in total. The SMILES string of the molecule is CC1CCCN(C2=C(c3ccc(Cl)cc3)C(=O)N(c3ccccc3F)C2=O)C1. The number of likely N-dealkylation sites (tertiary alicyclic amines) is 1. The lowest BCUT2D eigenvalue weighted by Gasteiger charge is -2.33. The zero-order chi connectivity index (χ0) is 19.8. The van der Waals surface area contributed by atoms with E-state index in [2.05, 4.69) is 6.92 Å². The maximum atomic E-state index is 14.4. The van der Waals surface area contributed by atoms with E-state index in [0.29, 0.717) is 40.9 Å². The number of carbonyl (C=O) groups is 2. The monoisotopic (exact) mass is 398 g/mol. The molecule has 2 aliphatic heterocycles. The third-order valence-electron chi connectivity index (χ3n) is 5.26. The van der Waals surface area contributed by atoms with Gasteiger partial charge in [0.25, 0.3) is 11.8 Å². The number of nitrogens with zero attached hydrogens (tertiary/aromatic N) is 2. The fraction of sp³-hybridized carbons (Fsp3) is 0.273. The molecule has 0 saturated carbocycles. The van der Waals surface area contributed by atoms with E-state index in [4.69, 9.17) is 11.6 Å². The van der Waals surface area contributed by atoms with Crippen LogP contribution in [-0.4, -0.2) is 29.8 Å². The highest BCUT2D eigenvalue weighted by Crippen LogP contribution is 2.37. The summed E-state index contributed by atoms with van der Waals surface area (Å²) in [4.78, 5) is 29.6. The van der Waals surface area contributed by atoms with Gasteiger partial charge in [-0.2, -0.15) is 0 Å². The van der Waals surface area contributed by atoms with E-state index in [1.165, 1.54) is 18.2 Å². The first-order chi connectivity index (χ1) is 13.5. The van der Waals surface area contributed by atoms with Crippen molar-refractivity contribution in [1.29, 1.82) is 0 Å². The Labute approximate surface area is 168 Å². The summed E-state index contributed by atoms with van der Waals surface area (Å²) in [5.41, 5.74) is 1.24. The molecule has 0 aromatic heterocycles. The van der Waals surface area contributed by atoms with Crippen molar-refractivity contribution in [3.8, 4) is 0 Å². The van der Waals surface area contributed by atoms with Gasteiger partial charge in [0.2, 0.25) is 0 Å².